The molecule has 2 aromatic carbocycles. The van der Waals surface area contributed by atoms with E-state index in [4.69, 9.17) is 27.9 Å². The number of para-hydroxylation sites is 1. The van der Waals surface area contributed by atoms with Crippen LogP contribution in [0.2, 0.25) is 10.0 Å². The van der Waals surface area contributed by atoms with Crippen LogP contribution in [-0.4, -0.2) is 17.6 Å². The van der Waals surface area contributed by atoms with Crippen molar-refractivity contribution < 1.29 is 9.53 Å². The number of hydrogen-bond donors (Lipinski definition) is 0. The van der Waals surface area contributed by atoms with Crippen LogP contribution in [0.3, 0.4) is 0 Å². The molecule has 0 aliphatic carbocycles. The van der Waals surface area contributed by atoms with Gasteiger partial charge < -0.3 is 9.30 Å². The monoisotopic (exact) mass is 333 g/mol. The maximum Gasteiger partial charge on any atom is 0.340 e. The van der Waals surface area contributed by atoms with Gasteiger partial charge in [0.15, 0.2) is 0 Å². The maximum absolute atomic E-state index is 11.9. The highest BCUT2D eigenvalue weighted by Gasteiger charge is 2.15. The number of carbonyl (C=O) groups is 1. The van der Waals surface area contributed by atoms with Crippen LogP contribution in [0, 0.1) is 0 Å². The minimum atomic E-state index is -0.350. The molecule has 0 amide bonds. The Morgan fingerprint density at radius 1 is 1.18 bits per heavy atom. The minimum absolute atomic E-state index is 0.350. The Morgan fingerprint density at radius 2 is 1.95 bits per heavy atom. The van der Waals surface area contributed by atoms with Gasteiger partial charge in [0.1, 0.15) is 0 Å². The van der Waals surface area contributed by atoms with E-state index < -0.39 is 0 Å². The summed E-state index contributed by atoms with van der Waals surface area (Å²) < 4.78 is 6.83. The largest absolute Gasteiger partial charge is 0.465 e. The summed E-state index contributed by atoms with van der Waals surface area (Å²) in [6.07, 6.45) is 1.79. The Morgan fingerprint density at radius 3 is 2.68 bits per heavy atom. The smallest absolute Gasteiger partial charge is 0.340 e. The van der Waals surface area contributed by atoms with E-state index in [9.17, 15) is 4.79 Å². The summed E-state index contributed by atoms with van der Waals surface area (Å²) >= 11 is 12.2. The second-order valence-corrected chi connectivity index (χ2v) is 5.76. The molecule has 3 rings (SSSR count). The van der Waals surface area contributed by atoms with E-state index in [1.807, 2.05) is 34.9 Å². The van der Waals surface area contributed by atoms with Crippen molar-refractivity contribution in [3.8, 4) is 0 Å². The van der Waals surface area contributed by atoms with Crippen molar-refractivity contribution in [2.24, 2.45) is 0 Å². The van der Waals surface area contributed by atoms with Crippen LogP contribution in [0.5, 0.6) is 0 Å². The summed E-state index contributed by atoms with van der Waals surface area (Å²) in [7, 11) is 1.38. The minimum Gasteiger partial charge on any atom is -0.465 e. The van der Waals surface area contributed by atoms with Gasteiger partial charge in [0, 0.05) is 33.7 Å². The van der Waals surface area contributed by atoms with E-state index in [-0.39, 0.29) is 5.97 Å². The molecular weight excluding hydrogens is 321 g/mol. The number of esters is 1. The highest BCUT2D eigenvalue weighted by atomic mass is 35.5. The predicted octanol–water partition coefficient (Wildman–Crippen LogP) is 4.78. The van der Waals surface area contributed by atoms with Crippen molar-refractivity contribution in [1.29, 1.82) is 0 Å². The number of benzene rings is 2. The van der Waals surface area contributed by atoms with Gasteiger partial charge >= 0.3 is 5.97 Å². The van der Waals surface area contributed by atoms with Crippen molar-refractivity contribution in [2.75, 3.05) is 7.11 Å². The van der Waals surface area contributed by atoms with Crippen molar-refractivity contribution in [3.63, 3.8) is 0 Å². The van der Waals surface area contributed by atoms with E-state index in [2.05, 4.69) is 0 Å². The molecule has 5 heteroatoms. The van der Waals surface area contributed by atoms with E-state index in [0.717, 1.165) is 16.5 Å². The molecule has 3 aromatic rings. The van der Waals surface area contributed by atoms with Gasteiger partial charge in [-0.15, -0.1) is 0 Å². The zero-order valence-electron chi connectivity index (χ0n) is 11.8. The summed E-state index contributed by atoms with van der Waals surface area (Å²) in [6.45, 7) is 0.549. The molecule has 1 aromatic heterocycles. The Bertz CT molecular complexity index is 855. The quantitative estimate of drug-likeness (QED) is 0.645. The molecule has 1 heterocycles. The fraction of sp³-hybridized carbons (Fsp3) is 0.118. The van der Waals surface area contributed by atoms with E-state index in [1.54, 1.807) is 18.3 Å². The Hall–Kier alpha value is -1.97. The molecule has 0 saturated carbocycles. The third-order valence-electron chi connectivity index (χ3n) is 3.55. The number of nitrogens with zero attached hydrogens (tertiary/aromatic N) is 1. The summed E-state index contributed by atoms with van der Waals surface area (Å²) in [5, 5.41) is 2.06. The first-order chi connectivity index (χ1) is 10.6. The van der Waals surface area contributed by atoms with Gasteiger partial charge in [-0.05, 0) is 23.8 Å². The number of fused-ring (bicyclic) bond motifs is 1. The lowest BCUT2D eigenvalue weighted by atomic mass is 10.2. The number of halogens is 2. The first-order valence-electron chi connectivity index (χ1n) is 6.70. The Kier molecular flexibility index (Phi) is 4.10. The fourth-order valence-electron chi connectivity index (χ4n) is 2.48. The highest BCUT2D eigenvalue weighted by Crippen LogP contribution is 2.26. The molecule has 0 unspecified atom stereocenters. The number of rotatable bonds is 3. The molecule has 0 N–H and O–H groups in total. The van der Waals surface area contributed by atoms with Crippen molar-refractivity contribution >= 4 is 40.1 Å². The second-order valence-electron chi connectivity index (χ2n) is 4.92. The van der Waals surface area contributed by atoms with Gasteiger partial charge in [0.05, 0.1) is 12.7 Å². The summed E-state index contributed by atoms with van der Waals surface area (Å²) in [5.41, 5.74) is 2.43. The highest BCUT2D eigenvalue weighted by molar-refractivity contribution is 6.35. The fourth-order valence-corrected chi connectivity index (χ4v) is 2.95. The molecule has 0 saturated heterocycles. The Labute approximate surface area is 138 Å². The van der Waals surface area contributed by atoms with Gasteiger partial charge in [-0.3, -0.25) is 0 Å². The van der Waals surface area contributed by atoms with E-state index >= 15 is 0 Å². The van der Waals surface area contributed by atoms with Crippen LogP contribution in [0.15, 0.2) is 48.7 Å². The standard InChI is InChI=1S/C17H13Cl2NO2/c1-22-17(21)14-10-20(16-5-3-2-4-13(14)16)9-11-6-7-12(18)8-15(11)19/h2-8,10H,9H2,1H3. The van der Waals surface area contributed by atoms with Crippen molar-refractivity contribution in [1.82, 2.24) is 4.57 Å². The van der Waals surface area contributed by atoms with Crippen LogP contribution in [0.4, 0.5) is 0 Å². The molecule has 0 aliphatic heterocycles. The molecule has 0 bridgehead atoms. The van der Waals surface area contributed by atoms with Crippen LogP contribution in [-0.2, 0) is 11.3 Å². The van der Waals surface area contributed by atoms with Gasteiger partial charge in [-0.25, -0.2) is 4.79 Å². The SMILES string of the molecule is COC(=O)c1cn(Cc2ccc(Cl)cc2Cl)c2ccccc12. The van der Waals surface area contributed by atoms with Crippen LogP contribution < -0.4 is 0 Å². The predicted molar refractivity (Wildman–Crippen MR) is 88.8 cm³/mol. The third-order valence-corrected chi connectivity index (χ3v) is 4.14. The lowest BCUT2D eigenvalue weighted by Gasteiger charge is -2.08. The summed E-state index contributed by atoms with van der Waals surface area (Å²) in [5.74, 6) is -0.350. The number of ether oxygens (including phenoxy) is 1. The molecule has 0 aliphatic rings. The van der Waals surface area contributed by atoms with Gasteiger partial charge in [-0.2, -0.15) is 0 Å². The van der Waals surface area contributed by atoms with Gasteiger partial charge in [-0.1, -0.05) is 47.5 Å². The first-order valence-corrected chi connectivity index (χ1v) is 7.46. The van der Waals surface area contributed by atoms with Crippen LogP contribution in [0.25, 0.3) is 10.9 Å². The lowest BCUT2D eigenvalue weighted by molar-refractivity contribution is 0.0602. The molecule has 0 spiro atoms. The van der Waals surface area contributed by atoms with Crippen LogP contribution in [0.1, 0.15) is 15.9 Å². The number of carbonyl (C=O) groups excluding carboxylic acids is 1. The normalized spacial score (nSPS) is 10.9. The topological polar surface area (TPSA) is 31.2 Å². The summed E-state index contributed by atoms with van der Waals surface area (Å²) in [6, 6.07) is 13.1. The molecular formula is C17H13Cl2NO2. The van der Waals surface area contributed by atoms with Gasteiger partial charge in [0.25, 0.3) is 0 Å². The first kappa shape index (κ1) is 14.9. The molecule has 0 fully saturated rings. The summed E-state index contributed by atoms with van der Waals surface area (Å²) in [4.78, 5) is 11.9. The average molecular weight is 334 g/mol. The number of hydrogen-bond acceptors (Lipinski definition) is 2. The van der Waals surface area contributed by atoms with E-state index in [0.29, 0.717) is 22.2 Å². The molecule has 0 radical (unpaired) electrons. The molecule has 3 nitrogen and oxygen atoms in total. The number of methoxy groups -OCH3 is 1. The van der Waals surface area contributed by atoms with Crippen molar-refractivity contribution in [3.05, 3.63) is 69.8 Å². The molecule has 22 heavy (non-hydrogen) atoms. The lowest BCUT2D eigenvalue weighted by Crippen LogP contribution is -2.01. The van der Waals surface area contributed by atoms with Crippen molar-refractivity contribution in [2.45, 2.75) is 6.54 Å². The number of aromatic nitrogens is 1. The molecule has 112 valence electrons. The van der Waals surface area contributed by atoms with Gasteiger partial charge in [0.2, 0.25) is 0 Å². The Balaban J connectivity index is 2.09. The van der Waals surface area contributed by atoms with Crippen LogP contribution >= 0.6 is 23.2 Å². The second kappa shape index (κ2) is 6.03. The molecule has 0 atom stereocenters. The third kappa shape index (κ3) is 2.70. The zero-order chi connectivity index (χ0) is 15.7. The zero-order valence-corrected chi connectivity index (χ0v) is 13.4. The maximum atomic E-state index is 11.9. The average Bonchev–Trinajstić information content (AvgIpc) is 2.88. The van der Waals surface area contributed by atoms with E-state index in [1.165, 1.54) is 7.11 Å².